The van der Waals surface area contributed by atoms with E-state index < -0.39 is 53.7 Å². The second-order valence-electron chi connectivity index (χ2n) is 10.9. The first-order chi connectivity index (χ1) is 19.4. The minimum absolute atomic E-state index is 0.00625. The Morgan fingerprint density at radius 1 is 1.15 bits per heavy atom. The highest BCUT2D eigenvalue weighted by atomic mass is 16.3. The van der Waals surface area contributed by atoms with E-state index in [9.17, 15) is 39.6 Å². The van der Waals surface area contributed by atoms with Crippen LogP contribution in [0.1, 0.15) is 40.7 Å². The number of aromatic hydroxyl groups is 1. The fourth-order valence-corrected chi connectivity index (χ4v) is 5.91. The maximum Gasteiger partial charge on any atom is 0.251 e. The first-order valence-corrected chi connectivity index (χ1v) is 13.4. The highest BCUT2D eigenvalue weighted by Gasteiger charge is 2.57. The highest BCUT2D eigenvalue weighted by molar-refractivity contribution is 6.23. The van der Waals surface area contributed by atoms with Gasteiger partial charge in [0.15, 0.2) is 11.4 Å². The third-order valence-corrected chi connectivity index (χ3v) is 7.91. The summed E-state index contributed by atoms with van der Waals surface area (Å²) in [4.78, 5) is 52.7. The maximum atomic E-state index is 13.7. The molecule has 4 rings (SSSR count). The van der Waals surface area contributed by atoms with Crippen molar-refractivity contribution >= 4 is 29.1 Å². The SMILES string of the molecule is CN(C)CCNC(=O)c1cccc(-c2ccc(O)c3c2C[C@H]2C[C@@H](CCO)[C@@](O)(C(=O)CC(N)=O)C(=O)C2=C3O)c1. The summed E-state index contributed by atoms with van der Waals surface area (Å²) < 4.78 is 0. The molecule has 0 heterocycles. The van der Waals surface area contributed by atoms with E-state index in [0.717, 1.165) is 0 Å². The van der Waals surface area contributed by atoms with Gasteiger partial charge in [-0.25, -0.2) is 0 Å². The van der Waals surface area contributed by atoms with Crippen molar-refractivity contribution in [3.05, 3.63) is 58.7 Å². The number of phenolic OH excluding ortho intramolecular Hbond substituents is 1. The minimum Gasteiger partial charge on any atom is -0.507 e. The number of Topliss-reactive ketones (excluding diaryl/α,β-unsaturated/α-hetero) is 2. The number of benzene rings is 2. The molecule has 0 bridgehead atoms. The van der Waals surface area contributed by atoms with Crippen LogP contribution in [0.2, 0.25) is 0 Å². The van der Waals surface area contributed by atoms with Gasteiger partial charge in [-0.1, -0.05) is 18.2 Å². The molecule has 11 heteroatoms. The molecular formula is C30H35N3O8. The molecule has 41 heavy (non-hydrogen) atoms. The molecule has 0 radical (unpaired) electrons. The van der Waals surface area contributed by atoms with Crippen molar-refractivity contribution in [2.24, 2.45) is 17.6 Å². The molecule has 0 spiro atoms. The number of carbonyl (C=O) groups excluding carboxylic acids is 4. The van der Waals surface area contributed by atoms with Gasteiger partial charge in [0, 0.05) is 36.8 Å². The number of hydrogen-bond acceptors (Lipinski definition) is 9. The van der Waals surface area contributed by atoms with Gasteiger partial charge < -0.3 is 36.4 Å². The van der Waals surface area contributed by atoms with Gasteiger partial charge in [-0.3, -0.25) is 19.2 Å². The molecule has 2 aliphatic carbocycles. The predicted molar refractivity (Wildman–Crippen MR) is 150 cm³/mol. The molecule has 3 atom stereocenters. The molecule has 2 aromatic rings. The zero-order valence-corrected chi connectivity index (χ0v) is 23.0. The molecule has 0 aliphatic heterocycles. The smallest absolute Gasteiger partial charge is 0.251 e. The summed E-state index contributed by atoms with van der Waals surface area (Å²) in [5.74, 6) is -5.98. The Hall–Kier alpha value is -4.06. The van der Waals surface area contributed by atoms with Crippen molar-refractivity contribution < 1.29 is 39.6 Å². The number of phenols is 1. The van der Waals surface area contributed by atoms with Gasteiger partial charge in [0.05, 0.1) is 12.0 Å². The van der Waals surface area contributed by atoms with Gasteiger partial charge >= 0.3 is 0 Å². The van der Waals surface area contributed by atoms with Crippen LogP contribution in [-0.4, -0.2) is 88.1 Å². The van der Waals surface area contributed by atoms with Crippen molar-refractivity contribution in [3.8, 4) is 16.9 Å². The topological polar surface area (TPSA) is 190 Å². The quantitative estimate of drug-likeness (QED) is 0.228. The number of nitrogens with zero attached hydrogens (tertiary/aromatic N) is 1. The van der Waals surface area contributed by atoms with Gasteiger partial charge in [-0.05, 0) is 74.2 Å². The number of fused-ring (bicyclic) bond motifs is 2. The third-order valence-electron chi connectivity index (χ3n) is 7.91. The number of carbonyl (C=O) groups is 4. The van der Waals surface area contributed by atoms with E-state index in [4.69, 9.17) is 5.73 Å². The number of hydrogen-bond donors (Lipinski definition) is 6. The van der Waals surface area contributed by atoms with Crippen molar-refractivity contribution in [1.29, 1.82) is 0 Å². The summed E-state index contributed by atoms with van der Waals surface area (Å²) in [6.45, 7) is 0.713. The van der Waals surface area contributed by atoms with Crippen LogP contribution >= 0.6 is 0 Å². The van der Waals surface area contributed by atoms with Crippen molar-refractivity contribution in [3.63, 3.8) is 0 Å². The van der Waals surface area contributed by atoms with Gasteiger partial charge in [0.1, 0.15) is 11.5 Å². The molecule has 218 valence electrons. The number of primary amides is 1. The second kappa shape index (κ2) is 11.8. The lowest BCUT2D eigenvalue weighted by Gasteiger charge is -2.43. The Balaban J connectivity index is 1.78. The minimum atomic E-state index is -2.66. The van der Waals surface area contributed by atoms with Crippen LogP contribution in [0.4, 0.5) is 0 Å². The molecule has 1 saturated carbocycles. The molecule has 11 nitrogen and oxygen atoms in total. The second-order valence-corrected chi connectivity index (χ2v) is 10.9. The Kier molecular flexibility index (Phi) is 8.62. The number of likely N-dealkylation sites (N-methyl/N-ethyl adjacent to an activating group) is 1. The lowest BCUT2D eigenvalue weighted by atomic mass is 9.61. The Bertz CT molecular complexity index is 1430. The maximum absolute atomic E-state index is 13.7. The Morgan fingerprint density at radius 3 is 2.54 bits per heavy atom. The number of aliphatic hydroxyl groups excluding tert-OH is 2. The summed E-state index contributed by atoms with van der Waals surface area (Å²) in [5, 5.41) is 46.0. The lowest BCUT2D eigenvalue weighted by Crippen LogP contribution is -2.59. The van der Waals surface area contributed by atoms with Crippen LogP contribution in [0.5, 0.6) is 5.75 Å². The molecule has 7 N–H and O–H groups in total. The summed E-state index contributed by atoms with van der Waals surface area (Å²) in [6, 6.07) is 9.93. The Labute approximate surface area is 237 Å². The van der Waals surface area contributed by atoms with E-state index in [2.05, 4.69) is 5.32 Å². The van der Waals surface area contributed by atoms with E-state index in [1.807, 2.05) is 19.0 Å². The standard InChI is InChI=1S/C30H35N3O8/c1-33(2)10-9-32-29(40)17-5-3-4-16(12-17)20-6-7-22(35)26-21(20)14-18-13-19(8-11-34)30(41,23(36)15-24(31)37)28(39)25(18)27(26)38/h3-7,12,18-19,34-35,38,41H,8-11,13-15H2,1-2H3,(H2,31,37)(H,32,40)/t18-,19-,30-/m1/s1. The van der Waals surface area contributed by atoms with E-state index in [-0.39, 0.29) is 42.1 Å². The Morgan fingerprint density at radius 2 is 1.88 bits per heavy atom. The zero-order chi connectivity index (χ0) is 30.1. The molecule has 0 aromatic heterocycles. The molecule has 0 saturated heterocycles. The monoisotopic (exact) mass is 565 g/mol. The molecule has 0 unspecified atom stereocenters. The third kappa shape index (κ3) is 5.61. The molecule has 2 aromatic carbocycles. The van der Waals surface area contributed by atoms with Crippen LogP contribution in [0.15, 0.2) is 42.0 Å². The summed E-state index contributed by atoms with van der Waals surface area (Å²) in [7, 11) is 3.81. The first-order valence-electron chi connectivity index (χ1n) is 13.4. The van der Waals surface area contributed by atoms with Crippen LogP contribution in [0.3, 0.4) is 0 Å². The molecule has 2 aliphatic rings. The van der Waals surface area contributed by atoms with Crippen molar-refractivity contribution in [2.75, 3.05) is 33.8 Å². The van der Waals surface area contributed by atoms with Gasteiger partial charge in [0.2, 0.25) is 11.7 Å². The number of rotatable bonds is 10. The van der Waals surface area contributed by atoms with Gasteiger partial charge in [0.25, 0.3) is 5.91 Å². The highest BCUT2D eigenvalue weighted by Crippen LogP contribution is 2.50. The van der Waals surface area contributed by atoms with E-state index >= 15 is 0 Å². The summed E-state index contributed by atoms with van der Waals surface area (Å²) >= 11 is 0. The van der Waals surface area contributed by atoms with E-state index in [1.165, 1.54) is 6.07 Å². The van der Waals surface area contributed by atoms with Gasteiger partial charge in [-0.15, -0.1) is 0 Å². The van der Waals surface area contributed by atoms with Gasteiger partial charge in [-0.2, -0.15) is 0 Å². The zero-order valence-electron chi connectivity index (χ0n) is 23.0. The first kappa shape index (κ1) is 29.9. The lowest BCUT2D eigenvalue weighted by molar-refractivity contribution is -0.159. The van der Waals surface area contributed by atoms with Crippen LogP contribution in [0.25, 0.3) is 16.9 Å². The van der Waals surface area contributed by atoms with Crippen LogP contribution in [-0.2, 0) is 20.8 Å². The number of ketones is 2. The van der Waals surface area contributed by atoms with Crippen LogP contribution in [0, 0.1) is 11.8 Å². The summed E-state index contributed by atoms with van der Waals surface area (Å²) in [6.07, 6.45) is -0.753. The van der Waals surface area contributed by atoms with E-state index in [0.29, 0.717) is 35.3 Å². The van der Waals surface area contributed by atoms with E-state index in [1.54, 1.807) is 30.3 Å². The molecule has 1 fully saturated rings. The summed E-state index contributed by atoms with van der Waals surface area (Å²) in [5.41, 5.74) is 4.51. The number of nitrogens with two attached hydrogens (primary N) is 1. The number of nitrogens with one attached hydrogen (secondary N) is 1. The fourth-order valence-electron chi connectivity index (χ4n) is 5.91. The average molecular weight is 566 g/mol. The number of aliphatic hydroxyl groups is 3. The van der Waals surface area contributed by atoms with Crippen LogP contribution < -0.4 is 11.1 Å². The molecular weight excluding hydrogens is 530 g/mol. The van der Waals surface area contributed by atoms with Crippen molar-refractivity contribution in [1.82, 2.24) is 10.2 Å². The fraction of sp³-hybridized carbons (Fsp3) is 0.400. The number of amides is 2. The van der Waals surface area contributed by atoms with Crippen molar-refractivity contribution in [2.45, 2.75) is 31.3 Å². The normalized spacial score (nSPS) is 21.8. The largest absolute Gasteiger partial charge is 0.507 e. The molecule has 2 amide bonds. The predicted octanol–water partition coefficient (Wildman–Crippen LogP) is 0.939. The average Bonchev–Trinajstić information content (AvgIpc) is 2.91.